The third-order valence-electron chi connectivity index (χ3n) is 4.79. The number of methoxy groups -OCH3 is 1. The Morgan fingerprint density at radius 2 is 2.05 bits per heavy atom. The van der Waals surface area contributed by atoms with Gasteiger partial charge in [0.15, 0.2) is 0 Å². The normalized spacial score (nSPS) is 25.3. The number of rotatable bonds is 2. The van der Waals surface area contributed by atoms with Crippen molar-refractivity contribution in [2.75, 3.05) is 12.4 Å². The molecule has 0 fully saturated rings. The molecule has 1 heterocycles. The number of halogens is 1. The topological polar surface area (TPSA) is 21.3 Å². The van der Waals surface area contributed by atoms with Crippen LogP contribution in [0.4, 0.5) is 5.69 Å². The van der Waals surface area contributed by atoms with Crippen molar-refractivity contribution in [2.24, 2.45) is 5.92 Å². The van der Waals surface area contributed by atoms with Gasteiger partial charge in [0.1, 0.15) is 5.75 Å². The van der Waals surface area contributed by atoms with Crippen molar-refractivity contribution in [1.29, 1.82) is 0 Å². The number of anilines is 1. The molecule has 112 valence electrons. The second-order valence-corrected chi connectivity index (χ2v) is 6.87. The number of ether oxygens (including phenoxy) is 1. The monoisotopic (exact) mass is 355 g/mol. The van der Waals surface area contributed by atoms with E-state index in [4.69, 9.17) is 4.74 Å². The molecule has 4 rings (SSSR count). The van der Waals surface area contributed by atoms with E-state index in [1.54, 1.807) is 7.11 Å². The number of fused-ring (bicyclic) bond motifs is 3. The van der Waals surface area contributed by atoms with Gasteiger partial charge in [-0.05, 0) is 41.7 Å². The highest BCUT2D eigenvalue weighted by atomic mass is 79.9. The molecule has 0 unspecified atom stereocenters. The number of nitrogens with one attached hydrogen (secondary N) is 1. The minimum absolute atomic E-state index is 0.307. The molecule has 2 aromatic carbocycles. The average molecular weight is 356 g/mol. The summed E-state index contributed by atoms with van der Waals surface area (Å²) in [7, 11) is 1.74. The molecule has 0 amide bonds. The summed E-state index contributed by atoms with van der Waals surface area (Å²) < 4.78 is 6.70. The second kappa shape index (κ2) is 5.47. The smallest absolute Gasteiger partial charge is 0.142 e. The van der Waals surface area contributed by atoms with Gasteiger partial charge >= 0.3 is 0 Å². The Morgan fingerprint density at radius 3 is 2.86 bits per heavy atom. The number of para-hydroxylation sites is 1. The SMILES string of the molecule is COc1cccc2c1N[C@@H](c1cccc(Br)c1)[C@@H]1CC=C[C@H]21. The van der Waals surface area contributed by atoms with Gasteiger partial charge in [0.25, 0.3) is 0 Å². The molecule has 0 spiro atoms. The highest BCUT2D eigenvalue weighted by Gasteiger charge is 2.38. The van der Waals surface area contributed by atoms with Crippen molar-refractivity contribution in [1.82, 2.24) is 0 Å². The molecule has 0 aromatic heterocycles. The summed E-state index contributed by atoms with van der Waals surface area (Å²) in [4.78, 5) is 0. The van der Waals surface area contributed by atoms with Crippen LogP contribution < -0.4 is 10.1 Å². The van der Waals surface area contributed by atoms with Gasteiger partial charge in [0, 0.05) is 10.4 Å². The number of hydrogen-bond donors (Lipinski definition) is 1. The molecule has 3 heteroatoms. The molecule has 3 atom stereocenters. The summed E-state index contributed by atoms with van der Waals surface area (Å²) in [6, 6.07) is 15.2. The first-order valence-corrected chi connectivity index (χ1v) is 8.43. The molecule has 1 N–H and O–H groups in total. The Morgan fingerprint density at radius 1 is 1.18 bits per heavy atom. The quantitative estimate of drug-likeness (QED) is 0.739. The van der Waals surface area contributed by atoms with Gasteiger partial charge in [-0.25, -0.2) is 0 Å². The highest BCUT2D eigenvalue weighted by Crippen LogP contribution is 2.52. The average Bonchev–Trinajstić information content (AvgIpc) is 3.03. The van der Waals surface area contributed by atoms with Gasteiger partial charge in [-0.15, -0.1) is 0 Å². The Kier molecular flexibility index (Phi) is 3.45. The van der Waals surface area contributed by atoms with Gasteiger partial charge in [0.2, 0.25) is 0 Å². The van der Waals surface area contributed by atoms with Crippen LogP contribution in [0.2, 0.25) is 0 Å². The largest absolute Gasteiger partial charge is 0.495 e. The van der Waals surface area contributed by atoms with Gasteiger partial charge in [-0.3, -0.25) is 0 Å². The molecule has 0 radical (unpaired) electrons. The van der Waals surface area contributed by atoms with Crippen molar-refractivity contribution in [2.45, 2.75) is 18.4 Å². The van der Waals surface area contributed by atoms with Gasteiger partial charge in [-0.1, -0.05) is 52.3 Å². The second-order valence-electron chi connectivity index (χ2n) is 5.96. The molecular weight excluding hydrogens is 338 g/mol. The fourth-order valence-corrected chi connectivity index (χ4v) is 4.21. The molecule has 1 aliphatic heterocycles. The van der Waals surface area contributed by atoms with Crippen molar-refractivity contribution in [3.63, 3.8) is 0 Å². The molecular formula is C19H18BrNO. The van der Waals surface area contributed by atoms with E-state index in [0.717, 1.165) is 22.3 Å². The Hall–Kier alpha value is -1.74. The van der Waals surface area contributed by atoms with Crippen LogP contribution in [-0.2, 0) is 0 Å². The molecule has 0 saturated carbocycles. The van der Waals surface area contributed by atoms with E-state index in [1.807, 2.05) is 6.07 Å². The van der Waals surface area contributed by atoms with Gasteiger partial charge in [0.05, 0.1) is 18.8 Å². The maximum Gasteiger partial charge on any atom is 0.142 e. The van der Waals surface area contributed by atoms with Crippen LogP contribution in [0, 0.1) is 5.92 Å². The third kappa shape index (κ3) is 2.15. The van der Waals surface area contributed by atoms with Gasteiger partial charge < -0.3 is 10.1 Å². The minimum Gasteiger partial charge on any atom is -0.495 e. The Balaban J connectivity index is 1.83. The fraction of sp³-hybridized carbons (Fsp3) is 0.263. The summed E-state index contributed by atoms with van der Waals surface area (Å²) in [5, 5.41) is 3.75. The van der Waals surface area contributed by atoms with Crippen LogP contribution in [0.1, 0.15) is 29.5 Å². The molecule has 22 heavy (non-hydrogen) atoms. The van der Waals surface area contributed by atoms with Crippen LogP contribution >= 0.6 is 15.9 Å². The third-order valence-corrected chi connectivity index (χ3v) is 5.28. The van der Waals surface area contributed by atoms with E-state index in [1.165, 1.54) is 11.1 Å². The standard InChI is InChI=1S/C19H18BrNO/c1-22-17-10-4-9-16-14-7-3-8-15(14)18(21-19(16)17)12-5-2-6-13(20)11-12/h2-7,9-11,14-15,18,21H,8H2,1H3/t14-,15+,18-/m0/s1. The summed E-state index contributed by atoms with van der Waals surface area (Å²) in [6.45, 7) is 0. The predicted octanol–water partition coefficient (Wildman–Crippen LogP) is 5.28. The van der Waals surface area contributed by atoms with Crippen molar-refractivity contribution in [3.05, 3.63) is 70.2 Å². The fourth-order valence-electron chi connectivity index (χ4n) is 3.79. The van der Waals surface area contributed by atoms with E-state index >= 15 is 0 Å². The lowest BCUT2D eigenvalue weighted by atomic mass is 9.77. The summed E-state index contributed by atoms with van der Waals surface area (Å²) in [5.74, 6) is 1.96. The number of benzene rings is 2. The lowest BCUT2D eigenvalue weighted by Crippen LogP contribution is -2.29. The van der Waals surface area contributed by atoms with Crippen molar-refractivity contribution < 1.29 is 4.74 Å². The molecule has 0 bridgehead atoms. The van der Waals surface area contributed by atoms with E-state index in [-0.39, 0.29) is 0 Å². The van der Waals surface area contributed by atoms with Crippen LogP contribution in [0.15, 0.2) is 59.1 Å². The first-order valence-electron chi connectivity index (χ1n) is 7.63. The van der Waals surface area contributed by atoms with Crippen LogP contribution in [0.25, 0.3) is 0 Å². The zero-order chi connectivity index (χ0) is 15.1. The number of allylic oxidation sites excluding steroid dienone is 2. The van der Waals surface area contributed by atoms with E-state index in [2.05, 4.69) is 69.8 Å². The maximum absolute atomic E-state index is 5.57. The molecule has 2 nitrogen and oxygen atoms in total. The summed E-state index contributed by atoms with van der Waals surface area (Å²) in [5.41, 5.74) is 3.82. The Labute approximate surface area is 139 Å². The van der Waals surface area contributed by atoms with Crippen molar-refractivity contribution >= 4 is 21.6 Å². The molecule has 1 aliphatic carbocycles. The van der Waals surface area contributed by atoms with Gasteiger partial charge in [-0.2, -0.15) is 0 Å². The zero-order valence-electron chi connectivity index (χ0n) is 12.4. The Bertz CT molecular complexity index is 740. The summed E-state index contributed by atoms with van der Waals surface area (Å²) >= 11 is 3.59. The summed E-state index contributed by atoms with van der Waals surface area (Å²) in [6.07, 6.45) is 5.79. The molecule has 0 saturated heterocycles. The first-order chi connectivity index (χ1) is 10.8. The van der Waals surface area contributed by atoms with Crippen LogP contribution in [0.5, 0.6) is 5.75 Å². The first kappa shape index (κ1) is 13.9. The molecule has 2 aromatic rings. The lowest BCUT2D eigenvalue weighted by Gasteiger charge is -2.38. The zero-order valence-corrected chi connectivity index (χ0v) is 14.0. The van der Waals surface area contributed by atoms with Crippen LogP contribution in [0.3, 0.4) is 0 Å². The van der Waals surface area contributed by atoms with Crippen molar-refractivity contribution in [3.8, 4) is 5.75 Å². The van der Waals surface area contributed by atoms with E-state index in [0.29, 0.717) is 17.9 Å². The lowest BCUT2D eigenvalue weighted by molar-refractivity contribution is 0.397. The maximum atomic E-state index is 5.57. The van der Waals surface area contributed by atoms with Crippen LogP contribution in [-0.4, -0.2) is 7.11 Å². The van der Waals surface area contributed by atoms with E-state index < -0.39 is 0 Å². The number of hydrogen-bond acceptors (Lipinski definition) is 2. The molecule has 2 aliphatic rings. The predicted molar refractivity (Wildman–Crippen MR) is 93.5 cm³/mol. The highest BCUT2D eigenvalue weighted by molar-refractivity contribution is 9.10. The minimum atomic E-state index is 0.307. The van der Waals surface area contributed by atoms with E-state index in [9.17, 15) is 0 Å².